The maximum atomic E-state index is 12.4. The van der Waals surface area contributed by atoms with Crippen molar-refractivity contribution < 1.29 is 44.4 Å². The van der Waals surface area contributed by atoms with E-state index < -0.39 is 78.9 Å². The van der Waals surface area contributed by atoms with Gasteiger partial charge in [-0.3, -0.25) is 19.2 Å². The maximum Gasteiger partial charge on any atom is 0.326 e. The van der Waals surface area contributed by atoms with Crippen LogP contribution in [0, 0.1) is 5.92 Å². The van der Waals surface area contributed by atoms with E-state index in [1.165, 1.54) is 6.92 Å². The largest absolute Gasteiger partial charge is 0.481 e. The lowest BCUT2D eigenvalue weighted by Crippen LogP contribution is -2.59. The molecule has 0 rings (SSSR count). The van der Waals surface area contributed by atoms with Gasteiger partial charge in [0.2, 0.25) is 17.7 Å². The van der Waals surface area contributed by atoms with Crippen molar-refractivity contribution in [1.29, 1.82) is 0 Å². The van der Waals surface area contributed by atoms with Gasteiger partial charge in [-0.2, -0.15) is 0 Å². The maximum absolute atomic E-state index is 12.4. The molecule has 0 saturated heterocycles. The number of carboxylic acid groups (broad SMARTS) is 2. The van der Waals surface area contributed by atoms with Gasteiger partial charge in [-0.25, -0.2) is 4.79 Å². The van der Waals surface area contributed by atoms with Crippen LogP contribution in [0.25, 0.3) is 0 Å². The van der Waals surface area contributed by atoms with Gasteiger partial charge in [0.1, 0.15) is 24.2 Å². The summed E-state index contributed by atoms with van der Waals surface area (Å²) in [6.45, 7) is 3.62. The third kappa shape index (κ3) is 8.71. The molecule has 172 valence electrons. The predicted molar refractivity (Wildman–Crippen MR) is 102 cm³/mol. The van der Waals surface area contributed by atoms with E-state index in [-0.39, 0.29) is 0 Å². The molecule has 9 N–H and O–H groups in total. The minimum Gasteiger partial charge on any atom is -0.481 e. The third-order valence-corrected chi connectivity index (χ3v) is 4.43. The van der Waals surface area contributed by atoms with Crippen molar-refractivity contribution in [3.63, 3.8) is 0 Å². The summed E-state index contributed by atoms with van der Waals surface area (Å²) in [5, 5.41) is 43.3. The molecule has 30 heavy (non-hydrogen) atoms. The number of aliphatic hydroxyl groups excluding tert-OH is 2. The van der Waals surface area contributed by atoms with Crippen molar-refractivity contribution in [1.82, 2.24) is 16.0 Å². The van der Waals surface area contributed by atoms with Crippen LogP contribution in [0.3, 0.4) is 0 Å². The van der Waals surface area contributed by atoms with E-state index in [0.717, 1.165) is 0 Å². The van der Waals surface area contributed by atoms with Gasteiger partial charge in [0.25, 0.3) is 0 Å². The predicted octanol–water partition coefficient (Wildman–Crippen LogP) is -3.25. The number of carbonyl (C=O) groups excluding carboxylic acids is 3. The fourth-order valence-electron chi connectivity index (χ4n) is 2.27. The molecule has 0 saturated carbocycles. The van der Waals surface area contributed by atoms with Crippen LogP contribution < -0.4 is 21.7 Å². The zero-order valence-electron chi connectivity index (χ0n) is 17.0. The van der Waals surface area contributed by atoms with Crippen molar-refractivity contribution >= 4 is 29.7 Å². The summed E-state index contributed by atoms with van der Waals surface area (Å²) in [5.74, 6) is -6.31. The Labute approximate surface area is 173 Å². The van der Waals surface area contributed by atoms with Gasteiger partial charge in [-0.15, -0.1) is 0 Å². The van der Waals surface area contributed by atoms with Crippen LogP contribution in [-0.4, -0.2) is 87.0 Å². The van der Waals surface area contributed by atoms with Crippen molar-refractivity contribution in [2.75, 3.05) is 6.61 Å². The number of carbonyl (C=O) groups is 5. The topological polar surface area (TPSA) is 228 Å². The Hall–Kier alpha value is -2.77. The molecule has 0 aromatic carbocycles. The van der Waals surface area contributed by atoms with Gasteiger partial charge in [0.05, 0.1) is 19.1 Å². The lowest BCUT2D eigenvalue weighted by molar-refractivity contribution is -0.144. The van der Waals surface area contributed by atoms with Crippen LogP contribution in [0.1, 0.15) is 33.6 Å². The van der Waals surface area contributed by atoms with Crippen LogP contribution in [0.4, 0.5) is 0 Å². The van der Waals surface area contributed by atoms with E-state index in [9.17, 15) is 39.3 Å². The number of aliphatic hydroxyl groups is 2. The summed E-state index contributed by atoms with van der Waals surface area (Å²) < 4.78 is 0. The molecule has 0 fully saturated rings. The minimum atomic E-state index is -1.66. The number of carboxylic acids is 2. The average Bonchev–Trinajstić information content (AvgIpc) is 2.67. The summed E-state index contributed by atoms with van der Waals surface area (Å²) in [6, 6.07) is -5.96. The molecule has 13 heteroatoms. The highest BCUT2D eigenvalue weighted by Crippen LogP contribution is 2.08. The highest BCUT2D eigenvalue weighted by molar-refractivity contribution is 5.95. The molecular weight excluding hydrogens is 404 g/mol. The smallest absolute Gasteiger partial charge is 0.326 e. The Bertz CT molecular complexity index is 641. The summed E-state index contributed by atoms with van der Waals surface area (Å²) in [6.07, 6.45) is -1.71. The molecular formula is C17H30N4O9. The molecule has 0 aliphatic heterocycles. The van der Waals surface area contributed by atoms with Crippen molar-refractivity contribution in [3.8, 4) is 0 Å². The molecule has 0 aromatic rings. The Morgan fingerprint density at radius 1 is 0.900 bits per heavy atom. The van der Waals surface area contributed by atoms with Gasteiger partial charge >= 0.3 is 11.9 Å². The van der Waals surface area contributed by atoms with E-state index >= 15 is 0 Å². The van der Waals surface area contributed by atoms with Crippen LogP contribution in [0.5, 0.6) is 0 Å². The zero-order chi connectivity index (χ0) is 23.6. The molecule has 0 bridgehead atoms. The molecule has 0 aliphatic carbocycles. The summed E-state index contributed by atoms with van der Waals surface area (Å²) in [7, 11) is 0. The van der Waals surface area contributed by atoms with Crippen molar-refractivity contribution in [2.45, 2.75) is 63.9 Å². The van der Waals surface area contributed by atoms with E-state index in [0.29, 0.717) is 6.42 Å². The second kappa shape index (κ2) is 12.7. The Morgan fingerprint density at radius 2 is 1.40 bits per heavy atom. The first kappa shape index (κ1) is 27.2. The minimum absolute atomic E-state index is 0.434. The summed E-state index contributed by atoms with van der Waals surface area (Å²) in [4.78, 5) is 59.0. The number of nitrogens with one attached hydrogen (secondary N) is 3. The number of amides is 3. The SMILES string of the molecule is CCC(C)C(NC(=O)C(CO)NC(=O)C(CC(=O)O)NC(=O)C(N)C(C)O)C(=O)O. The molecule has 6 atom stereocenters. The average molecular weight is 434 g/mol. The Morgan fingerprint density at radius 3 is 1.80 bits per heavy atom. The van der Waals surface area contributed by atoms with E-state index in [1.54, 1.807) is 13.8 Å². The fraction of sp³-hybridized carbons (Fsp3) is 0.706. The molecule has 0 radical (unpaired) electrons. The quantitative estimate of drug-likeness (QED) is 0.144. The first-order chi connectivity index (χ1) is 13.8. The van der Waals surface area contributed by atoms with Crippen LogP contribution in [0.15, 0.2) is 0 Å². The first-order valence-corrected chi connectivity index (χ1v) is 9.25. The molecule has 6 unspecified atom stereocenters. The lowest BCUT2D eigenvalue weighted by Gasteiger charge is -2.25. The number of hydrogen-bond acceptors (Lipinski definition) is 8. The second-order valence-electron chi connectivity index (χ2n) is 6.88. The number of aliphatic carboxylic acids is 2. The van der Waals surface area contributed by atoms with Crippen LogP contribution in [0.2, 0.25) is 0 Å². The summed E-state index contributed by atoms with van der Waals surface area (Å²) >= 11 is 0. The van der Waals surface area contributed by atoms with Gasteiger partial charge < -0.3 is 42.1 Å². The number of nitrogens with two attached hydrogens (primary N) is 1. The summed E-state index contributed by atoms with van der Waals surface area (Å²) in [5.41, 5.74) is 5.44. The van der Waals surface area contributed by atoms with Gasteiger partial charge in [-0.1, -0.05) is 20.3 Å². The molecule has 3 amide bonds. The third-order valence-electron chi connectivity index (χ3n) is 4.43. The van der Waals surface area contributed by atoms with Crippen molar-refractivity contribution in [3.05, 3.63) is 0 Å². The molecule has 0 spiro atoms. The highest BCUT2D eigenvalue weighted by atomic mass is 16.4. The van der Waals surface area contributed by atoms with Crippen LogP contribution >= 0.6 is 0 Å². The normalized spacial score (nSPS) is 16.9. The lowest BCUT2D eigenvalue weighted by atomic mass is 9.99. The van der Waals surface area contributed by atoms with Gasteiger partial charge in [0, 0.05) is 0 Å². The zero-order valence-corrected chi connectivity index (χ0v) is 17.0. The highest BCUT2D eigenvalue weighted by Gasteiger charge is 2.32. The number of hydrogen-bond donors (Lipinski definition) is 8. The van der Waals surface area contributed by atoms with E-state index in [1.807, 2.05) is 0 Å². The molecule has 0 heterocycles. The Kier molecular flexibility index (Phi) is 11.5. The van der Waals surface area contributed by atoms with Gasteiger partial charge in [-0.05, 0) is 12.8 Å². The fourth-order valence-corrected chi connectivity index (χ4v) is 2.27. The molecule has 0 aliphatic rings. The van der Waals surface area contributed by atoms with Gasteiger partial charge in [0.15, 0.2) is 0 Å². The standard InChI is InChI=1S/C17H30N4O9/c1-4-7(2)13(17(29)30)21-15(27)10(6-22)20-14(26)9(5-11(24)25)19-16(28)12(18)8(3)23/h7-10,12-13,22-23H,4-6,18H2,1-3H3,(H,19,28)(H,20,26)(H,21,27)(H,24,25)(H,29,30). The second-order valence-corrected chi connectivity index (χ2v) is 6.88. The Balaban J connectivity index is 5.32. The first-order valence-electron chi connectivity index (χ1n) is 9.25. The van der Waals surface area contributed by atoms with E-state index in [4.69, 9.17) is 10.8 Å². The van der Waals surface area contributed by atoms with E-state index in [2.05, 4.69) is 16.0 Å². The molecule has 0 aromatic heterocycles. The monoisotopic (exact) mass is 434 g/mol. The molecule has 13 nitrogen and oxygen atoms in total. The van der Waals surface area contributed by atoms with Crippen LogP contribution in [-0.2, 0) is 24.0 Å². The van der Waals surface area contributed by atoms with Crippen molar-refractivity contribution in [2.24, 2.45) is 11.7 Å². The number of rotatable bonds is 13.